The van der Waals surface area contributed by atoms with E-state index in [2.05, 4.69) is 4.18 Å². The molecule has 1 atom stereocenters. The minimum absolute atomic E-state index is 0.0385. The van der Waals surface area contributed by atoms with Gasteiger partial charge >= 0.3 is 15.6 Å². The molecule has 1 amide bonds. The minimum atomic E-state index is -5.64. The Morgan fingerprint density at radius 2 is 2.06 bits per heavy atom. The van der Waals surface area contributed by atoms with Gasteiger partial charge < -0.3 is 9.08 Å². The first-order valence-electron chi connectivity index (χ1n) is 4.73. The first-order valence-corrected chi connectivity index (χ1v) is 6.14. The summed E-state index contributed by atoms with van der Waals surface area (Å²) in [6.07, 6.45) is 1.85. The normalized spacial score (nSPS) is 24.9. The van der Waals surface area contributed by atoms with Crippen molar-refractivity contribution in [2.24, 2.45) is 0 Å². The second kappa shape index (κ2) is 3.62. The Balaban J connectivity index is 2.13. The van der Waals surface area contributed by atoms with E-state index in [4.69, 9.17) is 0 Å². The highest BCUT2D eigenvalue weighted by Crippen LogP contribution is 2.34. The second-order valence-electron chi connectivity index (χ2n) is 3.78. The average Bonchev–Trinajstić information content (AvgIpc) is 2.17. The molecule has 0 aromatic carbocycles. The number of fused-ring (bicyclic) bond motifs is 1. The summed E-state index contributed by atoms with van der Waals surface area (Å²) in [4.78, 5) is 12.2. The summed E-state index contributed by atoms with van der Waals surface area (Å²) in [5.74, 6) is -0.605. The molecule has 0 aliphatic carbocycles. The van der Waals surface area contributed by atoms with Crippen LogP contribution in [0.25, 0.3) is 0 Å². The molecule has 0 aromatic rings. The lowest BCUT2D eigenvalue weighted by Gasteiger charge is -2.41. The Morgan fingerprint density at radius 3 is 2.59 bits per heavy atom. The maximum atomic E-state index is 12.0. The first kappa shape index (κ1) is 12.2. The number of carbonyl (C=O) groups is 1. The van der Waals surface area contributed by atoms with Crippen molar-refractivity contribution < 1.29 is 30.6 Å². The fourth-order valence-corrected chi connectivity index (χ4v) is 2.20. The SMILES string of the molecule is O=C1C[C@@H]2CCC(OS(=O)(=O)C(F)(F)F)=CN12. The van der Waals surface area contributed by atoms with Crippen LogP contribution in [0.1, 0.15) is 19.3 Å². The lowest BCUT2D eigenvalue weighted by atomic mass is 9.94. The number of hydrogen-bond donors (Lipinski definition) is 0. The van der Waals surface area contributed by atoms with Gasteiger partial charge in [0.05, 0.1) is 0 Å². The van der Waals surface area contributed by atoms with E-state index in [0.717, 1.165) is 6.20 Å². The number of halogens is 3. The van der Waals surface area contributed by atoms with Crippen LogP contribution in [-0.4, -0.2) is 30.8 Å². The summed E-state index contributed by atoms with van der Waals surface area (Å²) in [7, 11) is -5.64. The predicted octanol–water partition coefficient (Wildman–Crippen LogP) is 1.09. The number of alkyl halides is 3. The molecule has 1 fully saturated rings. The molecule has 2 rings (SSSR count). The van der Waals surface area contributed by atoms with Crippen LogP contribution in [0.2, 0.25) is 0 Å². The molecule has 5 nitrogen and oxygen atoms in total. The quantitative estimate of drug-likeness (QED) is 0.428. The van der Waals surface area contributed by atoms with Crippen molar-refractivity contribution in [2.45, 2.75) is 30.8 Å². The molecule has 0 N–H and O–H groups in total. The Bertz CT molecular complexity index is 481. The molecule has 0 unspecified atom stereocenters. The fourth-order valence-electron chi connectivity index (χ4n) is 1.69. The van der Waals surface area contributed by atoms with Crippen LogP contribution in [0.4, 0.5) is 13.2 Å². The molecule has 0 bridgehead atoms. The van der Waals surface area contributed by atoms with Gasteiger partial charge in [-0.25, -0.2) is 0 Å². The number of amides is 1. The molecule has 17 heavy (non-hydrogen) atoms. The van der Waals surface area contributed by atoms with Crippen LogP contribution >= 0.6 is 0 Å². The predicted molar refractivity (Wildman–Crippen MR) is 48.6 cm³/mol. The molecule has 2 heterocycles. The number of allylic oxidation sites excluding steroid dienone is 1. The number of carbonyl (C=O) groups excluding carboxylic acids is 1. The van der Waals surface area contributed by atoms with E-state index in [1.807, 2.05) is 0 Å². The number of nitrogens with zero attached hydrogens (tertiary/aromatic N) is 1. The summed E-state index contributed by atoms with van der Waals surface area (Å²) < 4.78 is 61.5. The van der Waals surface area contributed by atoms with Gasteiger partial charge in [-0.1, -0.05) is 0 Å². The number of β-lactam (4-membered cyclic amide) rings is 1. The van der Waals surface area contributed by atoms with E-state index >= 15 is 0 Å². The number of hydrogen-bond acceptors (Lipinski definition) is 4. The standard InChI is InChI=1S/C8H8F3NO4S/c9-8(10,11)17(14,15)16-6-2-1-5-3-7(13)12(5)4-6/h4-5H,1-3H2/t5-/m0/s1. The van der Waals surface area contributed by atoms with Crippen molar-refractivity contribution in [3.05, 3.63) is 12.0 Å². The van der Waals surface area contributed by atoms with Crippen molar-refractivity contribution in [1.82, 2.24) is 4.90 Å². The zero-order chi connectivity index (χ0) is 12.8. The molecule has 96 valence electrons. The topological polar surface area (TPSA) is 63.7 Å². The first-order chi connectivity index (χ1) is 7.71. The lowest BCUT2D eigenvalue weighted by Crippen LogP contribution is -2.51. The van der Waals surface area contributed by atoms with Gasteiger partial charge in [0.2, 0.25) is 5.91 Å². The molecule has 2 aliphatic rings. The third-order valence-corrected chi connectivity index (χ3v) is 3.60. The lowest BCUT2D eigenvalue weighted by molar-refractivity contribution is -0.142. The van der Waals surface area contributed by atoms with Crippen LogP contribution in [0.5, 0.6) is 0 Å². The monoisotopic (exact) mass is 271 g/mol. The molecular formula is C8H8F3NO4S. The Labute approximate surface area is 95.0 Å². The molecule has 0 saturated carbocycles. The smallest absolute Gasteiger partial charge is 0.379 e. The van der Waals surface area contributed by atoms with E-state index < -0.39 is 15.6 Å². The minimum Gasteiger partial charge on any atom is -0.379 e. The maximum Gasteiger partial charge on any atom is 0.534 e. The fraction of sp³-hybridized carbons (Fsp3) is 0.625. The summed E-state index contributed by atoms with van der Waals surface area (Å²) in [6, 6.07) is -0.0385. The van der Waals surface area contributed by atoms with E-state index in [0.29, 0.717) is 12.8 Å². The van der Waals surface area contributed by atoms with E-state index in [9.17, 15) is 26.4 Å². The Morgan fingerprint density at radius 1 is 1.41 bits per heavy atom. The highest BCUT2D eigenvalue weighted by Gasteiger charge is 2.49. The summed E-state index contributed by atoms with van der Waals surface area (Å²) in [5, 5.41) is 0. The van der Waals surface area contributed by atoms with Crippen molar-refractivity contribution in [3.63, 3.8) is 0 Å². The highest BCUT2D eigenvalue weighted by molar-refractivity contribution is 7.87. The zero-order valence-electron chi connectivity index (χ0n) is 8.40. The van der Waals surface area contributed by atoms with Crippen molar-refractivity contribution in [1.29, 1.82) is 0 Å². The second-order valence-corrected chi connectivity index (χ2v) is 5.31. The van der Waals surface area contributed by atoms with Gasteiger partial charge in [0, 0.05) is 25.1 Å². The van der Waals surface area contributed by atoms with E-state index in [-0.39, 0.29) is 24.1 Å². The zero-order valence-corrected chi connectivity index (χ0v) is 9.21. The molecule has 1 saturated heterocycles. The van der Waals surface area contributed by atoms with Crippen molar-refractivity contribution in [2.75, 3.05) is 0 Å². The van der Waals surface area contributed by atoms with Gasteiger partial charge in [0.25, 0.3) is 0 Å². The van der Waals surface area contributed by atoms with Crippen molar-refractivity contribution >= 4 is 16.0 Å². The van der Waals surface area contributed by atoms with Crippen molar-refractivity contribution in [3.8, 4) is 0 Å². The van der Waals surface area contributed by atoms with Crippen LogP contribution in [-0.2, 0) is 19.1 Å². The Kier molecular flexibility index (Phi) is 2.60. The van der Waals surface area contributed by atoms with Gasteiger partial charge in [-0.05, 0) is 6.42 Å². The van der Waals surface area contributed by atoms with Crippen LogP contribution in [0.3, 0.4) is 0 Å². The van der Waals surface area contributed by atoms with Crippen LogP contribution in [0.15, 0.2) is 12.0 Å². The van der Waals surface area contributed by atoms with E-state index in [1.165, 1.54) is 4.90 Å². The van der Waals surface area contributed by atoms with Crippen LogP contribution < -0.4 is 0 Å². The maximum absolute atomic E-state index is 12.0. The highest BCUT2D eigenvalue weighted by atomic mass is 32.2. The van der Waals surface area contributed by atoms with Gasteiger partial charge in [0.1, 0.15) is 5.76 Å². The average molecular weight is 271 g/mol. The van der Waals surface area contributed by atoms with Gasteiger partial charge in [0.15, 0.2) is 0 Å². The molecule has 0 spiro atoms. The van der Waals surface area contributed by atoms with Gasteiger partial charge in [-0.15, -0.1) is 0 Å². The summed E-state index contributed by atoms with van der Waals surface area (Å²) in [6.45, 7) is 0. The third kappa shape index (κ3) is 2.11. The van der Waals surface area contributed by atoms with Gasteiger partial charge in [-0.2, -0.15) is 21.6 Å². The van der Waals surface area contributed by atoms with E-state index in [1.54, 1.807) is 0 Å². The Hall–Kier alpha value is -1.25. The number of rotatable bonds is 2. The molecule has 2 aliphatic heterocycles. The summed E-state index contributed by atoms with van der Waals surface area (Å²) in [5.41, 5.74) is -5.45. The third-order valence-electron chi connectivity index (χ3n) is 2.60. The van der Waals surface area contributed by atoms with Gasteiger partial charge in [-0.3, -0.25) is 4.79 Å². The molecule has 9 heteroatoms. The molecular weight excluding hydrogens is 263 g/mol. The van der Waals surface area contributed by atoms with Crippen LogP contribution in [0, 0.1) is 0 Å². The summed E-state index contributed by atoms with van der Waals surface area (Å²) >= 11 is 0. The molecule has 0 aromatic heterocycles. The molecule has 0 radical (unpaired) electrons. The largest absolute Gasteiger partial charge is 0.534 e.